The highest BCUT2D eigenvalue weighted by Gasteiger charge is 2.33. The van der Waals surface area contributed by atoms with E-state index in [0.29, 0.717) is 27.1 Å². The van der Waals surface area contributed by atoms with Crippen LogP contribution in [0, 0.1) is 13.8 Å². The lowest BCUT2D eigenvalue weighted by molar-refractivity contribution is -0.139. The second kappa shape index (κ2) is 11.5. The van der Waals surface area contributed by atoms with Crippen LogP contribution in [0.3, 0.4) is 0 Å². The van der Waals surface area contributed by atoms with E-state index in [1.165, 1.54) is 27.7 Å². The minimum atomic E-state index is -0.628. The Kier molecular flexibility index (Phi) is 7.34. The van der Waals surface area contributed by atoms with Gasteiger partial charge in [-0.1, -0.05) is 102 Å². The lowest BCUT2D eigenvalue weighted by atomic mass is 9.95. The maximum absolute atomic E-state index is 14.3. The standard InChI is InChI=1S/C38H33N3O3S/c1-5-44-37(43)34-24(3)39-38-41(35(34)27-19-17-23(2)18-20-27)36(42)33(45-38)21-31-25(4)40(32-16-9-8-15-30(31)32)22-28-13-10-12-26-11-6-7-14-29(26)28/h6-21,35H,5,22H2,1-4H3/b33-21-/t35-/m1/s1. The molecule has 0 unspecified atom stereocenters. The molecule has 2 aromatic heterocycles. The molecule has 0 amide bonds. The molecule has 0 aliphatic carbocycles. The molecule has 3 heterocycles. The van der Waals surface area contributed by atoms with Gasteiger partial charge in [0, 0.05) is 28.7 Å². The number of allylic oxidation sites excluding steroid dienone is 1. The van der Waals surface area contributed by atoms with E-state index < -0.39 is 12.0 Å². The molecule has 4 aromatic carbocycles. The summed E-state index contributed by atoms with van der Waals surface area (Å²) in [5.74, 6) is -0.453. The number of ether oxygens (including phenoxy) is 1. The van der Waals surface area contributed by atoms with E-state index >= 15 is 0 Å². The number of aryl methyl sites for hydroxylation is 1. The van der Waals surface area contributed by atoms with Crippen molar-refractivity contribution in [2.24, 2.45) is 4.99 Å². The second-order valence-electron chi connectivity index (χ2n) is 11.5. The zero-order chi connectivity index (χ0) is 31.2. The highest BCUT2D eigenvalue weighted by molar-refractivity contribution is 7.07. The van der Waals surface area contributed by atoms with Crippen LogP contribution in [0.4, 0.5) is 0 Å². The number of carbonyl (C=O) groups is 1. The number of para-hydroxylation sites is 1. The molecule has 45 heavy (non-hydrogen) atoms. The van der Waals surface area contributed by atoms with Gasteiger partial charge in [-0.15, -0.1) is 0 Å². The number of thiazole rings is 1. The molecule has 0 radical (unpaired) electrons. The van der Waals surface area contributed by atoms with Gasteiger partial charge in [0.15, 0.2) is 4.80 Å². The fraction of sp³-hybridized carbons (Fsp3) is 0.184. The van der Waals surface area contributed by atoms with Gasteiger partial charge in [-0.25, -0.2) is 9.79 Å². The molecule has 0 saturated carbocycles. The minimum Gasteiger partial charge on any atom is -0.463 e. The number of carbonyl (C=O) groups excluding carboxylic acids is 1. The van der Waals surface area contributed by atoms with Crippen molar-refractivity contribution in [1.29, 1.82) is 0 Å². The topological polar surface area (TPSA) is 65.6 Å². The lowest BCUT2D eigenvalue weighted by Crippen LogP contribution is -2.39. The molecule has 1 atom stereocenters. The van der Waals surface area contributed by atoms with E-state index in [4.69, 9.17) is 9.73 Å². The number of rotatable bonds is 6. The summed E-state index contributed by atoms with van der Waals surface area (Å²) < 4.78 is 10.0. The lowest BCUT2D eigenvalue weighted by Gasteiger charge is -2.24. The molecule has 1 aliphatic heterocycles. The molecule has 224 valence electrons. The fourth-order valence-electron chi connectivity index (χ4n) is 6.43. The van der Waals surface area contributed by atoms with E-state index in [2.05, 4.69) is 72.2 Å². The van der Waals surface area contributed by atoms with Crippen LogP contribution in [0.25, 0.3) is 27.8 Å². The van der Waals surface area contributed by atoms with Crippen molar-refractivity contribution in [3.05, 3.63) is 150 Å². The third-order valence-electron chi connectivity index (χ3n) is 8.67. The van der Waals surface area contributed by atoms with Gasteiger partial charge in [-0.2, -0.15) is 0 Å². The first-order valence-electron chi connectivity index (χ1n) is 15.2. The van der Waals surface area contributed by atoms with E-state index in [-0.39, 0.29) is 12.2 Å². The summed E-state index contributed by atoms with van der Waals surface area (Å²) in [6, 6.07) is 30.6. The van der Waals surface area contributed by atoms with Gasteiger partial charge in [0.1, 0.15) is 0 Å². The summed E-state index contributed by atoms with van der Waals surface area (Å²) >= 11 is 1.35. The Labute approximate surface area is 264 Å². The van der Waals surface area contributed by atoms with Crippen molar-refractivity contribution in [2.45, 2.75) is 40.3 Å². The SMILES string of the molecule is CCOC(=O)C1=C(C)N=c2s/c(=C\c3c(C)n(Cc4cccc5ccccc45)c4ccccc34)c(=O)n2[C@@H]1c1ccc(C)cc1. The zero-order valence-corrected chi connectivity index (χ0v) is 26.5. The molecule has 0 spiro atoms. The van der Waals surface area contributed by atoms with Crippen LogP contribution in [-0.2, 0) is 16.1 Å². The average Bonchev–Trinajstić information content (AvgIpc) is 3.49. The summed E-state index contributed by atoms with van der Waals surface area (Å²) in [4.78, 5) is 32.9. The molecular weight excluding hydrogens is 579 g/mol. The van der Waals surface area contributed by atoms with Crippen molar-refractivity contribution in [2.75, 3.05) is 6.61 Å². The predicted octanol–water partition coefficient (Wildman–Crippen LogP) is 6.57. The Balaban J connectivity index is 1.41. The Hall–Kier alpha value is -5.01. The minimum absolute atomic E-state index is 0.177. The molecule has 1 aliphatic rings. The summed E-state index contributed by atoms with van der Waals surface area (Å²) in [6.45, 7) is 8.67. The smallest absolute Gasteiger partial charge is 0.338 e. The molecule has 0 N–H and O–H groups in total. The number of nitrogens with zero attached hydrogens (tertiary/aromatic N) is 3. The van der Waals surface area contributed by atoms with Crippen molar-refractivity contribution in [1.82, 2.24) is 9.13 Å². The van der Waals surface area contributed by atoms with Gasteiger partial charge in [-0.3, -0.25) is 9.36 Å². The third kappa shape index (κ3) is 4.93. The monoisotopic (exact) mass is 611 g/mol. The van der Waals surface area contributed by atoms with E-state index in [1.54, 1.807) is 11.5 Å². The van der Waals surface area contributed by atoms with Gasteiger partial charge < -0.3 is 9.30 Å². The van der Waals surface area contributed by atoms with Crippen molar-refractivity contribution in [3.8, 4) is 0 Å². The van der Waals surface area contributed by atoms with E-state index in [1.807, 2.05) is 50.3 Å². The van der Waals surface area contributed by atoms with Crippen molar-refractivity contribution >= 4 is 45.1 Å². The Bertz CT molecular complexity index is 2330. The molecule has 6 nitrogen and oxygen atoms in total. The van der Waals surface area contributed by atoms with E-state index in [0.717, 1.165) is 33.3 Å². The van der Waals surface area contributed by atoms with Crippen LogP contribution >= 0.6 is 11.3 Å². The molecule has 0 bridgehead atoms. The molecule has 6 aromatic rings. The zero-order valence-electron chi connectivity index (χ0n) is 25.7. The molecule has 7 rings (SSSR count). The third-order valence-corrected chi connectivity index (χ3v) is 9.66. The van der Waals surface area contributed by atoms with Crippen molar-refractivity contribution in [3.63, 3.8) is 0 Å². The normalized spacial score (nSPS) is 15.0. The van der Waals surface area contributed by atoms with Crippen LogP contribution in [0.15, 0.2) is 112 Å². The van der Waals surface area contributed by atoms with Crippen LogP contribution in [0.2, 0.25) is 0 Å². The predicted molar refractivity (Wildman–Crippen MR) is 181 cm³/mol. The quantitative estimate of drug-likeness (QED) is 0.200. The van der Waals surface area contributed by atoms with Gasteiger partial charge in [0.2, 0.25) is 0 Å². The summed E-state index contributed by atoms with van der Waals surface area (Å²) in [5, 5.41) is 3.53. The van der Waals surface area contributed by atoms with Crippen LogP contribution < -0.4 is 14.9 Å². The van der Waals surface area contributed by atoms with Crippen LogP contribution in [0.1, 0.15) is 47.8 Å². The van der Waals surface area contributed by atoms with Crippen molar-refractivity contribution < 1.29 is 9.53 Å². The number of hydrogen-bond acceptors (Lipinski definition) is 5. The average molecular weight is 612 g/mol. The largest absolute Gasteiger partial charge is 0.463 e. The first-order chi connectivity index (χ1) is 21.9. The van der Waals surface area contributed by atoms with Gasteiger partial charge in [0.05, 0.1) is 28.5 Å². The summed E-state index contributed by atoms with van der Waals surface area (Å²) in [7, 11) is 0. The Morgan fingerprint density at radius 3 is 2.40 bits per heavy atom. The van der Waals surface area contributed by atoms with Crippen LogP contribution in [-0.4, -0.2) is 21.7 Å². The summed E-state index contributed by atoms with van der Waals surface area (Å²) in [5.41, 5.74) is 7.15. The number of aromatic nitrogens is 2. The first kappa shape index (κ1) is 28.7. The van der Waals surface area contributed by atoms with Gasteiger partial charge in [0.25, 0.3) is 5.56 Å². The number of fused-ring (bicyclic) bond motifs is 3. The summed E-state index contributed by atoms with van der Waals surface area (Å²) in [6.07, 6.45) is 2.00. The maximum Gasteiger partial charge on any atom is 0.338 e. The molecule has 0 fully saturated rings. The van der Waals surface area contributed by atoms with Gasteiger partial charge >= 0.3 is 5.97 Å². The van der Waals surface area contributed by atoms with Crippen LogP contribution in [0.5, 0.6) is 0 Å². The molecular formula is C38H33N3O3S. The highest BCUT2D eigenvalue weighted by atomic mass is 32.1. The molecule has 0 saturated heterocycles. The molecule has 7 heteroatoms. The van der Waals surface area contributed by atoms with Gasteiger partial charge in [-0.05, 0) is 61.7 Å². The highest BCUT2D eigenvalue weighted by Crippen LogP contribution is 2.32. The fourth-order valence-corrected chi connectivity index (χ4v) is 7.46. The number of hydrogen-bond donors (Lipinski definition) is 0. The number of esters is 1. The second-order valence-corrected chi connectivity index (χ2v) is 12.5. The Morgan fingerprint density at radius 1 is 0.911 bits per heavy atom. The maximum atomic E-state index is 14.3. The Morgan fingerprint density at radius 2 is 1.62 bits per heavy atom. The first-order valence-corrected chi connectivity index (χ1v) is 16.0. The number of benzene rings is 4. The van der Waals surface area contributed by atoms with E-state index in [9.17, 15) is 9.59 Å².